The minimum Gasteiger partial charge on any atom is -0.496 e. The van der Waals surface area contributed by atoms with E-state index in [0.29, 0.717) is 6.04 Å². The fourth-order valence-corrected chi connectivity index (χ4v) is 3.00. The third-order valence-electron chi connectivity index (χ3n) is 4.38. The number of ether oxygens (including phenoxy) is 1. The second-order valence-electron chi connectivity index (χ2n) is 5.92. The average Bonchev–Trinajstić information content (AvgIpc) is 2.91. The molecule has 1 heterocycles. The minimum absolute atomic E-state index is 0.146. The van der Waals surface area contributed by atoms with Gasteiger partial charge in [-0.15, -0.1) is 0 Å². The molecule has 1 saturated heterocycles. The van der Waals surface area contributed by atoms with Crippen LogP contribution in [0, 0.1) is 5.41 Å². The van der Waals surface area contributed by atoms with Crippen molar-refractivity contribution in [1.29, 1.82) is 0 Å². The maximum absolute atomic E-state index is 6.14. The van der Waals surface area contributed by atoms with Gasteiger partial charge in [0.2, 0.25) is 0 Å². The molecule has 1 fully saturated rings. The first-order valence-corrected chi connectivity index (χ1v) is 7.37. The van der Waals surface area contributed by atoms with Crippen molar-refractivity contribution in [2.24, 2.45) is 5.41 Å². The van der Waals surface area contributed by atoms with E-state index in [4.69, 9.17) is 4.74 Å². The van der Waals surface area contributed by atoms with Crippen LogP contribution in [0.4, 0.5) is 0 Å². The zero-order valence-electron chi connectivity index (χ0n) is 12.1. The highest BCUT2D eigenvalue weighted by atomic mass is 16.5. The molecule has 0 saturated carbocycles. The molecule has 102 valence electrons. The van der Waals surface area contributed by atoms with Gasteiger partial charge in [0, 0.05) is 11.5 Å². The summed E-state index contributed by atoms with van der Waals surface area (Å²) in [6, 6.07) is 0.617. The monoisotopic (exact) mass is 249 g/mol. The third-order valence-corrected chi connectivity index (χ3v) is 4.38. The van der Waals surface area contributed by atoms with Gasteiger partial charge in [-0.1, -0.05) is 19.1 Å². The van der Waals surface area contributed by atoms with E-state index in [-0.39, 0.29) is 5.41 Å². The lowest BCUT2D eigenvalue weighted by atomic mass is 9.88. The SMILES string of the molecule is CC/C=C/[C@@]1(C)CCC=C1OC[C@@H]1CCCN1C. The standard InChI is InChI=1S/C16H27NO/c1-4-5-10-16(2)11-6-9-15(16)18-13-14-8-7-12-17(14)3/h5,9-10,14H,4,6-8,11-13H2,1-3H3/b10-5+/t14-,16-/m0/s1. The average molecular weight is 249 g/mol. The van der Waals surface area contributed by atoms with Crippen LogP contribution in [0.15, 0.2) is 24.0 Å². The van der Waals surface area contributed by atoms with E-state index < -0.39 is 0 Å². The Balaban J connectivity index is 1.90. The molecule has 2 nitrogen and oxygen atoms in total. The van der Waals surface area contributed by atoms with Crippen LogP contribution < -0.4 is 0 Å². The van der Waals surface area contributed by atoms with Crippen molar-refractivity contribution in [3.05, 3.63) is 24.0 Å². The molecule has 2 aliphatic rings. The molecule has 0 N–H and O–H groups in total. The number of nitrogens with zero attached hydrogens (tertiary/aromatic N) is 1. The van der Waals surface area contributed by atoms with E-state index in [9.17, 15) is 0 Å². The Morgan fingerprint density at radius 1 is 1.56 bits per heavy atom. The molecular weight excluding hydrogens is 222 g/mol. The fraction of sp³-hybridized carbons (Fsp3) is 0.750. The molecule has 0 aromatic rings. The summed E-state index contributed by atoms with van der Waals surface area (Å²) in [4.78, 5) is 2.43. The third kappa shape index (κ3) is 2.97. The van der Waals surface area contributed by atoms with Gasteiger partial charge in [-0.3, -0.25) is 0 Å². The van der Waals surface area contributed by atoms with E-state index in [1.54, 1.807) is 0 Å². The first-order chi connectivity index (χ1) is 8.65. The fourth-order valence-electron chi connectivity index (χ4n) is 3.00. The Morgan fingerprint density at radius 2 is 2.39 bits per heavy atom. The van der Waals surface area contributed by atoms with E-state index in [1.165, 1.54) is 31.6 Å². The zero-order valence-corrected chi connectivity index (χ0v) is 12.1. The summed E-state index contributed by atoms with van der Waals surface area (Å²) < 4.78 is 6.14. The van der Waals surface area contributed by atoms with Crippen LogP contribution in [0.5, 0.6) is 0 Å². The lowest BCUT2D eigenvalue weighted by molar-refractivity contribution is 0.110. The van der Waals surface area contributed by atoms with Gasteiger partial charge < -0.3 is 9.64 Å². The largest absolute Gasteiger partial charge is 0.496 e. The molecule has 1 aliphatic carbocycles. The lowest BCUT2D eigenvalue weighted by Crippen LogP contribution is -2.30. The van der Waals surface area contributed by atoms with Crippen molar-refractivity contribution >= 4 is 0 Å². The summed E-state index contributed by atoms with van der Waals surface area (Å²) in [5.41, 5.74) is 0.146. The van der Waals surface area contributed by atoms with Crippen molar-refractivity contribution < 1.29 is 4.74 Å². The molecular formula is C16H27NO. The number of hydrogen-bond donors (Lipinski definition) is 0. The van der Waals surface area contributed by atoms with Gasteiger partial charge >= 0.3 is 0 Å². The molecule has 0 radical (unpaired) electrons. The molecule has 2 rings (SSSR count). The highest BCUT2D eigenvalue weighted by Crippen LogP contribution is 2.40. The van der Waals surface area contributed by atoms with Crippen LogP contribution in [-0.4, -0.2) is 31.1 Å². The van der Waals surface area contributed by atoms with E-state index in [2.05, 4.69) is 44.0 Å². The maximum Gasteiger partial charge on any atom is 0.103 e. The van der Waals surface area contributed by atoms with Gasteiger partial charge in [-0.2, -0.15) is 0 Å². The van der Waals surface area contributed by atoms with Crippen molar-refractivity contribution in [2.75, 3.05) is 20.2 Å². The van der Waals surface area contributed by atoms with Crippen LogP contribution in [0.2, 0.25) is 0 Å². The molecule has 0 amide bonds. The number of allylic oxidation sites excluding steroid dienone is 3. The summed E-state index contributed by atoms with van der Waals surface area (Å²) in [5.74, 6) is 1.20. The molecule has 2 heteroatoms. The Morgan fingerprint density at radius 3 is 3.06 bits per heavy atom. The molecule has 0 unspecified atom stereocenters. The van der Waals surface area contributed by atoms with E-state index in [1.807, 2.05) is 0 Å². The van der Waals surface area contributed by atoms with Crippen LogP contribution in [-0.2, 0) is 4.74 Å². The second kappa shape index (κ2) is 5.92. The number of rotatable bonds is 5. The van der Waals surface area contributed by atoms with E-state index in [0.717, 1.165) is 19.4 Å². The summed E-state index contributed by atoms with van der Waals surface area (Å²) in [6.45, 7) is 6.57. The van der Waals surface area contributed by atoms with Crippen molar-refractivity contribution in [2.45, 2.75) is 52.0 Å². The van der Waals surface area contributed by atoms with Crippen LogP contribution in [0.25, 0.3) is 0 Å². The van der Waals surface area contributed by atoms with Crippen LogP contribution in [0.3, 0.4) is 0 Å². The second-order valence-corrected chi connectivity index (χ2v) is 5.92. The predicted molar refractivity (Wildman–Crippen MR) is 76.5 cm³/mol. The predicted octanol–water partition coefficient (Wildman–Crippen LogP) is 3.75. The number of likely N-dealkylation sites (N-methyl/N-ethyl adjacent to an activating group) is 1. The highest BCUT2D eigenvalue weighted by molar-refractivity contribution is 5.21. The molecule has 0 bridgehead atoms. The maximum atomic E-state index is 6.14. The van der Waals surface area contributed by atoms with Crippen molar-refractivity contribution in [3.8, 4) is 0 Å². The first kappa shape index (κ1) is 13.7. The van der Waals surface area contributed by atoms with Gasteiger partial charge in [0.15, 0.2) is 0 Å². The molecule has 1 aliphatic heterocycles. The normalized spacial score (nSPS) is 33.3. The van der Waals surface area contributed by atoms with Crippen LogP contribution >= 0.6 is 0 Å². The van der Waals surface area contributed by atoms with Crippen molar-refractivity contribution in [3.63, 3.8) is 0 Å². The number of hydrogen-bond acceptors (Lipinski definition) is 2. The quantitative estimate of drug-likeness (QED) is 0.688. The zero-order chi connectivity index (χ0) is 13.0. The topological polar surface area (TPSA) is 12.5 Å². The molecule has 18 heavy (non-hydrogen) atoms. The summed E-state index contributed by atoms with van der Waals surface area (Å²) >= 11 is 0. The summed E-state index contributed by atoms with van der Waals surface area (Å²) in [6.07, 6.45) is 12.9. The van der Waals surface area contributed by atoms with Gasteiger partial charge in [0.1, 0.15) is 12.4 Å². The smallest absolute Gasteiger partial charge is 0.103 e. The van der Waals surface area contributed by atoms with Gasteiger partial charge in [-0.25, -0.2) is 0 Å². The molecule has 0 aromatic carbocycles. The van der Waals surface area contributed by atoms with Crippen LogP contribution in [0.1, 0.15) is 46.0 Å². The van der Waals surface area contributed by atoms with Gasteiger partial charge in [-0.05, 0) is 58.7 Å². The highest BCUT2D eigenvalue weighted by Gasteiger charge is 2.32. The van der Waals surface area contributed by atoms with Gasteiger partial charge in [0.25, 0.3) is 0 Å². The molecule has 2 atom stereocenters. The van der Waals surface area contributed by atoms with Gasteiger partial charge in [0.05, 0.1) is 0 Å². The molecule has 0 spiro atoms. The summed E-state index contributed by atoms with van der Waals surface area (Å²) in [5, 5.41) is 0. The van der Waals surface area contributed by atoms with E-state index >= 15 is 0 Å². The lowest BCUT2D eigenvalue weighted by Gasteiger charge is -2.27. The molecule has 0 aromatic heterocycles. The van der Waals surface area contributed by atoms with Crippen molar-refractivity contribution in [1.82, 2.24) is 4.90 Å². The minimum atomic E-state index is 0.146. The summed E-state index contributed by atoms with van der Waals surface area (Å²) in [7, 11) is 2.21. The Kier molecular flexibility index (Phi) is 4.50. The first-order valence-electron chi connectivity index (χ1n) is 7.37. The Labute approximate surface area is 112 Å². The Hall–Kier alpha value is -0.760. The number of likely N-dealkylation sites (tertiary alicyclic amines) is 1. The Bertz CT molecular complexity index is 334.